The number of nitrogens with zero attached hydrogens (tertiary/aromatic N) is 2. The summed E-state index contributed by atoms with van der Waals surface area (Å²) < 4.78 is 2.45. The number of para-hydroxylation sites is 2. The van der Waals surface area contributed by atoms with Crippen LogP contribution in [0.3, 0.4) is 0 Å². The minimum atomic E-state index is 1.04. The van der Waals surface area contributed by atoms with Crippen molar-refractivity contribution in [3.8, 4) is 50.2 Å². The van der Waals surface area contributed by atoms with E-state index in [4.69, 9.17) is 4.98 Å². The molecule has 1 aliphatic carbocycles. The highest BCUT2D eigenvalue weighted by molar-refractivity contribution is 6.13. The highest BCUT2D eigenvalue weighted by Crippen LogP contribution is 2.51. The molecule has 41 heavy (non-hydrogen) atoms. The Kier molecular flexibility index (Phi) is 4.64. The highest BCUT2D eigenvalue weighted by Gasteiger charge is 2.26. The molecular weight excluding hydrogens is 496 g/mol. The Morgan fingerprint density at radius 3 is 1.66 bits per heavy atom. The molecule has 0 spiro atoms. The summed E-state index contributed by atoms with van der Waals surface area (Å²) in [4.78, 5) is 4.92. The van der Waals surface area contributed by atoms with Crippen LogP contribution >= 0.6 is 0 Å². The lowest BCUT2D eigenvalue weighted by Crippen LogP contribution is -2.03. The predicted molar refractivity (Wildman–Crippen MR) is 171 cm³/mol. The summed E-state index contributed by atoms with van der Waals surface area (Å²) in [5.41, 5.74) is 14.4. The maximum Gasteiger partial charge on any atom is 0.0786 e. The second-order valence-electron chi connectivity index (χ2n) is 10.7. The van der Waals surface area contributed by atoms with E-state index in [1.54, 1.807) is 0 Å². The molecule has 8 aromatic rings. The fraction of sp³-hybridized carbons (Fsp3) is 0. The molecule has 2 nitrogen and oxygen atoms in total. The van der Waals surface area contributed by atoms with Crippen molar-refractivity contribution >= 4 is 32.7 Å². The SMILES string of the molecule is c1ccc2c(c1)-c1ccc3cccnc3c1-c1ccccc1-c1cccc(-n3c4ccccc4c4ccccc43)c1-2. The molecule has 0 unspecified atom stereocenters. The van der Waals surface area contributed by atoms with Crippen LogP contribution in [-0.2, 0) is 0 Å². The van der Waals surface area contributed by atoms with Gasteiger partial charge in [-0.25, -0.2) is 0 Å². The summed E-state index contributed by atoms with van der Waals surface area (Å²) in [6.45, 7) is 0. The number of hydrogen-bond donors (Lipinski definition) is 0. The van der Waals surface area contributed by atoms with Gasteiger partial charge in [0.15, 0.2) is 0 Å². The zero-order valence-corrected chi connectivity index (χ0v) is 22.3. The van der Waals surface area contributed by atoms with Crippen LogP contribution in [0, 0.1) is 0 Å². The number of fused-ring (bicyclic) bond motifs is 13. The molecule has 0 N–H and O–H groups in total. The van der Waals surface area contributed by atoms with Crippen molar-refractivity contribution in [2.24, 2.45) is 0 Å². The molecule has 0 aliphatic heterocycles. The maximum atomic E-state index is 4.92. The summed E-state index contributed by atoms with van der Waals surface area (Å²) in [5, 5.41) is 3.68. The van der Waals surface area contributed by atoms with E-state index in [-0.39, 0.29) is 0 Å². The maximum absolute atomic E-state index is 4.92. The fourth-order valence-electron chi connectivity index (χ4n) is 6.93. The molecule has 190 valence electrons. The summed E-state index contributed by atoms with van der Waals surface area (Å²) >= 11 is 0. The Morgan fingerprint density at radius 1 is 0.390 bits per heavy atom. The lowest BCUT2D eigenvalue weighted by atomic mass is 9.79. The highest BCUT2D eigenvalue weighted by atomic mass is 15.0. The van der Waals surface area contributed by atoms with Crippen LogP contribution in [0.1, 0.15) is 0 Å². The Bertz CT molecular complexity index is 2260. The number of pyridine rings is 1. The van der Waals surface area contributed by atoms with E-state index < -0.39 is 0 Å². The third-order valence-electron chi connectivity index (χ3n) is 8.61. The smallest absolute Gasteiger partial charge is 0.0786 e. The molecule has 0 bridgehead atoms. The molecule has 0 fully saturated rings. The van der Waals surface area contributed by atoms with Crippen molar-refractivity contribution in [2.75, 3.05) is 0 Å². The summed E-state index contributed by atoms with van der Waals surface area (Å²) in [5.74, 6) is 0. The first-order chi connectivity index (χ1) is 20.4. The minimum absolute atomic E-state index is 1.04. The standard InChI is InChI=1S/C39H24N2/c1-3-16-30-27(13-1)33-23-22-25-11-10-24-40-39(25)38(33)32-17-4-2-12-26(32)31-18-9-21-36(37(30)31)41-34-19-7-5-14-28(34)29-15-6-8-20-35(29)41/h1-24H. The molecular formula is C39H24N2. The molecule has 2 heteroatoms. The number of aromatic nitrogens is 2. The van der Waals surface area contributed by atoms with Crippen LogP contribution in [0.15, 0.2) is 146 Å². The van der Waals surface area contributed by atoms with Gasteiger partial charge in [0.25, 0.3) is 0 Å². The molecule has 6 aromatic carbocycles. The van der Waals surface area contributed by atoms with Gasteiger partial charge in [-0.3, -0.25) is 4.98 Å². The van der Waals surface area contributed by atoms with Crippen LogP contribution in [0.2, 0.25) is 0 Å². The second-order valence-corrected chi connectivity index (χ2v) is 10.7. The van der Waals surface area contributed by atoms with Crippen LogP contribution in [0.25, 0.3) is 82.9 Å². The van der Waals surface area contributed by atoms with Crippen LogP contribution < -0.4 is 0 Å². The van der Waals surface area contributed by atoms with Gasteiger partial charge in [0.05, 0.1) is 22.2 Å². The van der Waals surface area contributed by atoms with E-state index in [9.17, 15) is 0 Å². The van der Waals surface area contributed by atoms with Crippen LogP contribution in [0.4, 0.5) is 0 Å². The molecule has 2 heterocycles. The third kappa shape index (κ3) is 3.10. The normalized spacial score (nSPS) is 11.9. The number of rotatable bonds is 1. The van der Waals surface area contributed by atoms with E-state index >= 15 is 0 Å². The molecule has 0 saturated carbocycles. The molecule has 0 amide bonds. The first kappa shape index (κ1) is 22.4. The van der Waals surface area contributed by atoms with Gasteiger partial charge >= 0.3 is 0 Å². The zero-order valence-electron chi connectivity index (χ0n) is 22.3. The van der Waals surface area contributed by atoms with Crippen molar-refractivity contribution in [1.82, 2.24) is 9.55 Å². The van der Waals surface area contributed by atoms with Gasteiger partial charge in [0.1, 0.15) is 0 Å². The Balaban J connectivity index is 1.49. The largest absolute Gasteiger partial charge is 0.309 e. The molecule has 0 radical (unpaired) electrons. The van der Waals surface area contributed by atoms with Gasteiger partial charge in [0.2, 0.25) is 0 Å². The monoisotopic (exact) mass is 520 g/mol. The second kappa shape index (κ2) is 8.51. The van der Waals surface area contributed by atoms with Crippen molar-refractivity contribution in [3.63, 3.8) is 0 Å². The summed E-state index contributed by atoms with van der Waals surface area (Å²) in [7, 11) is 0. The van der Waals surface area contributed by atoms with E-state index in [0.717, 1.165) is 10.9 Å². The van der Waals surface area contributed by atoms with Crippen LogP contribution in [-0.4, -0.2) is 9.55 Å². The predicted octanol–water partition coefficient (Wildman–Crippen LogP) is 10.3. The fourth-order valence-corrected chi connectivity index (χ4v) is 6.93. The number of hydrogen-bond acceptors (Lipinski definition) is 1. The first-order valence-electron chi connectivity index (χ1n) is 14.1. The minimum Gasteiger partial charge on any atom is -0.309 e. The third-order valence-corrected chi connectivity index (χ3v) is 8.61. The van der Waals surface area contributed by atoms with Gasteiger partial charge in [0, 0.05) is 33.5 Å². The molecule has 1 aliphatic rings. The summed E-state index contributed by atoms with van der Waals surface area (Å²) in [6, 6.07) is 50.6. The van der Waals surface area contributed by atoms with Crippen molar-refractivity contribution < 1.29 is 0 Å². The van der Waals surface area contributed by atoms with E-state index in [1.807, 2.05) is 12.3 Å². The number of benzene rings is 6. The van der Waals surface area contributed by atoms with Gasteiger partial charge in [-0.15, -0.1) is 0 Å². The van der Waals surface area contributed by atoms with Crippen LogP contribution in [0.5, 0.6) is 0 Å². The van der Waals surface area contributed by atoms with Crippen molar-refractivity contribution in [3.05, 3.63) is 146 Å². The molecule has 2 aromatic heterocycles. The Morgan fingerprint density at radius 2 is 0.951 bits per heavy atom. The average Bonchev–Trinajstić information content (AvgIpc) is 3.37. The lowest BCUT2D eigenvalue weighted by molar-refractivity contribution is 1.18. The van der Waals surface area contributed by atoms with Gasteiger partial charge in [-0.1, -0.05) is 115 Å². The van der Waals surface area contributed by atoms with E-state index in [2.05, 4.69) is 138 Å². The van der Waals surface area contributed by atoms with Gasteiger partial charge in [-0.2, -0.15) is 0 Å². The topological polar surface area (TPSA) is 17.8 Å². The first-order valence-corrected chi connectivity index (χ1v) is 14.1. The summed E-state index contributed by atoms with van der Waals surface area (Å²) in [6.07, 6.45) is 1.91. The van der Waals surface area contributed by atoms with Crippen molar-refractivity contribution in [2.45, 2.75) is 0 Å². The van der Waals surface area contributed by atoms with Gasteiger partial charge < -0.3 is 4.57 Å². The van der Waals surface area contributed by atoms with Crippen molar-refractivity contribution in [1.29, 1.82) is 0 Å². The van der Waals surface area contributed by atoms with E-state index in [1.165, 1.54) is 72.0 Å². The lowest BCUT2D eigenvalue weighted by Gasteiger charge is -2.26. The average molecular weight is 521 g/mol. The van der Waals surface area contributed by atoms with Gasteiger partial charge in [-0.05, 0) is 57.6 Å². The molecule has 0 saturated heterocycles. The zero-order chi connectivity index (χ0) is 26.9. The Labute approximate surface area is 237 Å². The molecule has 0 atom stereocenters. The molecule has 9 rings (SSSR count). The quantitative estimate of drug-likeness (QED) is 0.210. The Hall–Kier alpha value is -5.47. The van der Waals surface area contributed by atoms with E-state index in [0.29, 0.717) is 0 Å².